The molecule has 0 aliphatic carbocycles. The first-order valence-electron chi connectivity index (χ1n) is 28.1. The molecule has 0 N–H and O–H groups in total. The molecule has 0 saturated carbocycles. The zero-order valence-corrected chi connectivity index (χ0v) is 43.7. The highest BCUT2D eigenvalue weighted by Crippen LogP contribution is 2.14. The lowest BCUT2D eigenvalue weighted by Gasteiger charge is -2.18. The Morgan fingerprint density at radius 2 is 0.682 bits per heavy atom. The monoisotopic (exact) mass is 919 g/mol. The predicted molar refractivity (Wildman–Crippen MR) is 288 cm³/mol. The Labute approximate surface area is 409 Å². The molecule has 0 heterocycles. The Morgan fingerprint density at radius 1 is 0.348 bits per heavy atom. The molecule has 0 fully saturated rings. The van der Waals surface area contributed by atoms with E-state index in [0.717, 1.165) is 96.3 Å². The van der Waals surface area contributed by atoms with Crippen molar-refractivity contribution in [2.24, 2.45) is 0 Å². The average molecular weight is 920 g/mol. The lowest BCUT2D eigenvalue weighted by Crippen LogP contribution is -2.30. The van der Waals surface area contributed by atoms with E-state index in [-0.39, 0.29) is 25.2 Å². The second-order valence-corrected chi connectivity index (χ2v) is 18.4. The van der Waals surface area contributed by atoms with Gasteiger partial charge in [0.25, 0.3) is 0 Å². The van der Waals surface area contributed by atoms with Crippen LogP contribution < -0.4 is 0 Å². The molecule has 0 rings (SSSR count). The van der Waals surface area contributed by atoms with Crippen LogP contribution in [0.4, 0.5) is 0 Å². The molecule has 0 aromatic carbocycles. The normalized spacial score (nSPS) is 12.8. The van der Waals surface area contributed by atoms with Crippen LogP contribution in [0, 0.1) is 0 Å². The van der Waals surface area contributed by atoms with Gasteiger partial charge in [-0.2, -0.15) is 0 Å². The first-order chi connectivity index (χ1) is 32.6. The smallest absolute Gasteiger partial charge is 0.306 e. The van der Waals surface area contributed by atoms with Crippen LogP contribution in [0.5, 0.6) is 0 Å². The van der Waals surface area contributed by atoms with Gasteiger partial charge < -0.3 is 14.2 Å². The summed E-state index contributed by atoms with van der Waals surface area (Å²) in [6.07, 6.45) is 74.5. The van der Waals surface area contributed by atoms with Gasteiger partial charge >= 0.3 is 11.9 Å². The first kappa shape index (κ1) is 63.1. The Bertz CT molecular complexity index is 1220. The summed E-state index contributed by atoms with van der Waals surface area (Å²) in [5.74, 6) is -0.429. The third-order valence-electron chi connectivity index (χ3n) is 11.9. The Kier molecular flexibility index (Phi) is 53.9. The number of rotatable bonds is 51. The van der Waals surface area contributed by atoms with Gasteiger partial charge in [-0.3, -0.25) is 9.59 Å². The highest BCUT2D eigenvalue weighted by atomic mass is 16.6. The fourth-order valence-electron chi connectivity index (χ4n) is 7.70. The maximum atomic E-state index is 12.8. The topological polar surface area (TPSA) is 61.8 Å². The summed E-state index contributed by atoms with van der Waals surface area (Å²) in [7, 11) is 0. The predicted octanol–water partition coefficient (Wildman–Crippen LogP) is 19.2. The van der Waals surface area contributed by atoms with Crippen LogP contribution in [-0.4, -0.2) is 37.9 Å². The summed E-state index contributed by atoms with van der Waals surface area (Å²) in [6.45, 7) is 7.65. The first-order valence-corrected chi connectivity index (χ1v) is 28.1. The molecule has 0 aromatic rings. The zero-order chi connectivity index (χ0) is 47.7. The molecule has 0 amide bonds. The molecule has 0 aromatic heterocycles. The summed E-state index contributed by atoms with van der Waals surface area (Å²) in [4.78, 5) is 25.5. The number of hydrogen-bond acceptors (Lipinski definition) is 5. The standard InChI is InChI=1S/C61H106O5/c1-4-7-10-13-16-19-22-25-28-30-31-33-34-36-39-42-45-48-51-54-60(62)65-58-59(57-64-56-53-50-47-44-41-38-27-24-21-18-15-12-9-6-3)66-61(63)55-52-49-46-43-40-37-35-32-29-26-23-20-17-14-11-8-5-2/h8,11,16-17,19-21,24-26,28-29,35,37,59H,4-7,9-10,12-15,18,22-23,27,30-34,36,38-58H2,1-3H3/b11-8-,19-16-,20-17-,24-21-,28-25-,29-26-,37-35-. The van der Waals surface area contributed by atoms with Crippen LogP contribution in [0.1, 0.15) is 265 Å². The van der Waals surface area contributed by atoms with E-state index in [0.29, 0.717) is 19.4 Å². The molecule has 1 atom stereocenters. The minimum absolute atomic E-state index is 0.0680. The van der Waals surface area contributed by atoms with Gasteiger partial charge in [0.1, 0.15) is 6.61 Å². The van der Waals surface area contributed by atoms with Gasteiger partial charge in [-0.05, 0) is 116 Å². The van der Waals surface area contributed by atoms with Crippen molar-refractivity contribution in [3.63, 3.8) is 0 Å². The number of carbonyl (C=O) groups excluding carboxylic acids is 2. The molecule has 0 radical (unpaired) electrons. The maximum Gasteiger partial charge on any atom is 0.306 e. The molecule has 5 heteroatoms. The van der Waals surface area contributed by atoms with Crippen molar-refractivity contribution in [3.8, 4) is 0 Å². The Morgan fingerprint density at radius 3 is 1.14 bits per heavy atom. The highest BCUT2D eigenvalue weighted by Gasteiger charge is 2.17. The van der Waals surface area contributed by atoms with Crippen LogP contribution >= 0.6 is 0 Å². The van der Waals surface area contributed by atoms with E-state index < -0.39 is 6.10 Å². The average Bonchev–Trinajstić information content (AvgIpc) is 3.32. The Hall–Kier alpha value is -2.92. The molecule has 0 aliphatic heterocycles. The highest BCUT2D eigenvalue weighted by molar-refractivity contribution is 5.70. The third kappa shape index (κ3) is 53.7. The molecule has 5 nitrogen and oxygen atoms in total. The van der Waals surface area contributed by atoms with Crippen LogP contribution in [0.3, 0.4) is 0 Å². The zero-order valence-electron chi connectivity index (χ0n) is 43.7. The van der Waals surface area contributed by atoms with Gasteiger partial charge in [0.2, 0.25) is 0 Å². The summed E-state index contributed by atoms with van der Waals surface area (Å²) in [6, 6.07) is 0. The lowest BCUT2D eigenvalue weighted by molar-refractivity contribution is -0.163. The van der Waals surface area contributed by atoms with E-state index in [1.807, 2.05) is 0 Å². The van der Waals surface area contributed by atoms with Gasteiger partial charge in [-0.15, -0.1) is 0 Å². The fraction of sp³-hybridized carbons (Fsp3) is 0.738. The molecule has 0 bridgehead atoms. The van der Waals surface area contributed by atoms with Gasteiger partial charge in [0.15, 0.2) is 6.10 Å². The number of carbonyl (C=O) groups is 2. The fourth-order valence-corrected chi connectivity index (χ4v) is 7.70. The van der Waals surface area contributed by atoms with Gasteiger partial charge in [-0.1, -0.05) is 221 Å². The summed E-state index contributed by atoms with van der Waals surface area (Å²) in [5, 5.41) is 0. The molecule has 0 aliphatic rings. The maximum absolute atomic E-state index is 12.8. The van der Waals surface area contributed by atoms with Crippen LogP contribution in [0.15, 0.2) is 85.1 Å². The van der Waals surface area contributed by atoms with E-state index >= 15 is 0 Å². The SMILES string of the molecule is CC/C=C\C/C=C\C/C=C\C/C=C\CCCCCCC(=O)OC(COCCCCCCCC/C=C\CCCCCC)COC(=O)CCCCCCCCCCC/C=C\C/C=C\CCCCC. The largest absolute Gasteiger partial charge is 0.462 e. The Balaban J connectivity index is 4.32. The third-order valence-corrected chi connectivity index (χ3v) is 11.9. The number of ether oxygens (including phenoxy) is 3. The number of unbranched alkanes of at least 4 members (excludes halogenated alkanes) is 26. The molecular formula is C61H106O5. The molecular weight excluding hydrogens is 813 g/mol. The molecule has 1 unspecified atom stereocenters. The molecule has 66 heavy (non-hydrogen) atoms. The number of hydrogen-bond donors (Lipinski definition) is 0. The van der Waals surface area contributed by atoms with Gasteiger partial charge in [-0.25, -0.2) is 0 Å². The van der Waals surface area contributed by atoms with Crippen LogP contribution in [0.25, 0.3) is 0 Å². The molecule has 380 valence electrons. The van der Waals surface area contributed by atoms with E-state index in [1.165, 1.54) is 135 Å². The van der Waals surface area contributed by atoms with Crippen molar-refractivity contribution in [1.29, 1.82) is 0 Å². The minimum atomic E-state index is -0.558. The second-order valence-electron chi connectivity index (χ2n) is 18.4. The van der Waals surface area contributed by atoms with E-state index in [2.05, 4.69) is 106 Å². The summed E-state index contributed by atoms with van der Waals surface area (Å²) < 4.78 is 17.4. The van der Waals surface area contributed by atoms with Crippen molar-refractivity contribution in [2.75, 3.05) is 19.8 Å². The van der Waals surface area contributed by atoms with E-state index in [4.69, 9.17) is 14.2 Å². The quantitative estimate of drug-likeness (QED) is 0.0346. The minimum Gasteiger partial charge on any atom is -0.462 e. The van der Waals surface area contributed by atoms with E-state index in [1.54, 1.807) is 0 Å². The summed E-state index contributed by atoms with van der Waals surface area (Å²) >= 11 is 0. The number of esters is 2. The van der Waals surface area contributed by atoms with Crippen molar-refractivity contribution >= 4 is 11.9 Å². The second kappa shape index (κ2) is 56.4. The van der Waals surface area contributed by atoms with Crippen molar-refractivity contribution in [2.45, 2.75) is 271 Å². The van der Waals surface area contributed by atoms with Gasteiger partial charge in [0.05, 0.1) is 6.61 Å². The lowest BCUT2D eigenvalue weighted by atomic mass is 10.1. The van der Waals surface area contributed by atoms with Crippen molar-refractivity contribution in [1.82, 2.24) is 0 Å². The van der Waals surface area contributed by atoms with Crippen LogP contribution in [0.2, 0.25) is 0 Å². The molecule has 0 saturated heterocycles. The van der Waals surface area contributed by atoms with Gasteiger partial charge in [0, 0.05) is 19.4 Å². The number of allylic oxidation sites excluding steroid dienone is 14. The van der Waals surface area contributed by atoms with E-state index in [9.17, 15) is 9.59 Å². The van der Waals surface area contributed by atoms with Crippen LogP contribution in [-0.2, 0) is 23.8 Å². The summed E-state index contributed by atoms with van der Waals surface area (Å²) in [5.41, 5.74) is 0. The van der Waals surface area contributed by atoms with Crippen molar-refractivity contribution < 1.29 is 23.8 Å². The molecule has 0 spiro atoms. The van der Waals surface area contributed by atoms with Crippen molar-refractivity contribution in [3.05, 3.63) is 85.1 Å².